The van der Waals surface area contributed by atoms with Gasteiger partial charge in [-0.25, -0.2) is 9.63 Å². The van der Waals surface area contributed by atoms with Crippen molar-refractivity contribution < 1.29 is 17.9 Å². The van der Waals surface area contributed by atoms with E-state index < -0.39 is 16.0 Å². The van der Waals surface area contributed by atoms with Gasteiger partial charge in [0.25, 0.3) is 10.0 Å². The predicted molar refractivity (Wildman–Crippen MR) is 115 cm³/mol. The largest absolute Gasteiger partial charge is 0.422 e. The standard InChI is InChI=1S/C21H17BrN2O4S/c1-15-7-5-6-10-19(15)21(25)28-20-12-11-17(22)13-16(20)14-23-24-29(26,27)18-8-3-2-4-9-18/h2-14,24H,1H3. The van der Waals surface area contributed by atoms with E-state index in [4.69, 9.17) is 4.74 Å². The first-order valence-electron chi connectivity index (χ1n) is 8.54. The smallest absolute Gasteiger partial charge is 0.343 e. The molecule has 0 atom stereocenters. The van der Waals surface area contributed by atoms with Crippen LogP contribution in [-0.2, 0) is 10.0 Å². The third-order valence-electron chi connectivity index (χ3n) is 3.97. The number of carbonyl (C=O) groups is 1. The average Bonchev–Trinajstić information content (AvgIpc) is 2.71. The van der Waals surface area contributed by atoms with Crippen LogP contribution in [0.3, 0.4) is 0 Å². The van der Waals surface area contributed by atoms with E-state index in [9.17, 15) is 13.2 Å². The van der Waals surface area contributed by atoms with Crippen LogP contribution in [-0.4, -0.2) is 20.6 Å². The second kappa shape index (κ2) is 9.02. The minimum atomic E-state index is -3.79. The van der Waals surface area contributed by atoms with Gasteiger partial charge in [-0.3, -0.25) is 0 Å². The molecule has 8 heteroatoms. The molecule has 0 amide bonds. The average molecular weight is 473 g/mol. The number of sulfonamides is 1. The molecule has 3 aromatic rings. The van der Waals surface area contributed by atoms with Crippen LogP contribution < -0.4 is 9.57 Å². The molecule has 6 nitrogen and oxygen atoms in total. The van der Waals surface area contributed by atoms with E-state index in [1.807, 2.05) is 19.1 Å². The van der Waals surface area contributed by atoms with E-state index in [1.165, 1.54) is 18.3 Å². The number of hydrogen-bond acceptors (Lipinski definition) is 5. The maximum atomic E-state index is 12.5. The quantitative estimate of drug-likeness (QED) is 0.251. The molecule has 0 bridgehead atoms. The molecule has 0 radical (unpaired) electrons. The fourth-order valence-corrected chi connectivity index (χ4v) is 3.68. The van der Waals surface area contributed by atoms with Gasteiger partial charge in [0.15, 0.2) is 0 Å². The summed E-state index contributed by atoms with van der Waals surface area (Å²) in [7, 11) is -3.79. The summed E-state index contributed by atoms with van der Waals surface area (Å²) >= 11 is 3.35. The molecule has 3 aromatic carbocycles. The molecule has 0 spiro atoms. The molecule has 29 heavy (non-hydrogen) atoms. The number of aryl methyl sites for hydroxylation is 1. The first-order valence-corrected chi connectivity index (χ1v) is 10.8. The van der Waals surface area contributed by atoms with Crippen molar-refractivity contribution in [3.05, 3.63) is 94.0 Å². The van der Waals surface area contributed by atoms with Crippen LogP contribution in [0.4, 0.5) is 0 Å². The van der Waals surface area contributed by atoms with Gasteiger partial charge in [0, 0.05) is 10.0 Å². The third kappa shape index (κ3) is 5.30. The van der Waals surface area contributed by atoms with Gasteiger partial charge in [0.2, 0.25) is 0 Å². The van der Waals surface area contributed by atoms with Gasteiger partial charge >= 0.3 is 5.97 Å². The van der Waals surface area contributed by atoms with E-state index in [0.29, 0.717) is 11.1 Å². The van der Waals surface area contributed by atoms with Crippen LogP contribution in [0.5, 0.6) is 5.75 Å². The van der Waals surface area contributed by atoms with Crippen molar-refractivity contribution in [2.75, 3.05) is 0 Å². The topological polar surface area (TPSA) is 84.8 Å². The number of halogens is 1. The number of hydrogen-bond donors (Lipinski definition) is 1. The van der Waals surface area contributed by atoms with Crippen molar-refractivity contribution in [3.8, 4) is 5.75 Å². The van der Waals surface area contributed by atoms with Crippen molar-refractivity contribution in [3.63, 3.8) is 0 Å². The van der Waals surface area contributed by atoms with Crippen LogP contribution in [0.15, 0.2) is 87.3 Å². The Balaban J connectivity index is 1.81. The van der Waals surface area contributed by atoms with Gasteiger partial charge in [-0.2, -0.15) is 13.5 Å². The summed E-state index contributed by atoms with van der Waals surface area (Å²) in [4.78, 5) is 14.7. The Kier molecular flexibility index (Phi) is 6.46. The Morgan fingerprint density at radius 3 is 2.45 bits per heavy atom. The molecule has 0 aliphatic heterocycles. The third-order valence-corrected chi connectivity index (χ3v) is 5.70. The highest BCUT2D eigenvalue weighted by atomic mass is 79.9. The zero-order valence-electron chi connectivity index (χ0n) is 15.4. The van der Waals surface area contributed by atoms with E-state index in [-0.39, 0.29) is 10.6 Å². The lowest BCUT2D eigenvalue weighted by Crippen LogP contribution is -2.18. The highest BCUT2D eigenvalue weighted by Crippen LogP contribution is 2.23. The fourth-order valence-electron chi connectivity index (χ4n) is 2.49. The molecular weight excluding hydrogens is 456 g/mol. The van der Waals surface area contributed by atoms with E-state index in [1.54, 1.807) is 48.5 Å². The summed E-state index contributed by atoms with van der Waals surface area (Å²) in [5, 5.41) is 3.81. The first-order chi connectivity index (χ1) is 13.9. The molecule has 0 heterocycles. The van der Waals surface area contributed by atoms with Gasteiger partial charge in [0.1, 0.15) is 5.75 Å². The van der Waals surface area contributed by atoms with Crippen molar-refractivity contribution >= 4 is 38.1 Å². The first kappa shape index (κ1) is 20.8. The molecule has 0 saturated heterocycles. The summed E-state index contributed by atoms with van der Waals surface area (Å²) in [6.45, 7) is 1.82. The second-order valence-corrected chi connectivity index (χ2v) is 8.63. The van der Waals surface area contributed by atoms with Gasteiger partial charge in [0.05, 0.1) is 16.7 Å². The monoisotopic (exact) mass is 472 g/mol. The number of nitrogens with zero attached hydrogens (tertiary/aromatic N) is 1. The van der Waals surface area contributed by atoms with Crippen LogP contribution in [0.25, 0.3) is 0 Å². The summed E-state index contributed by atoms with van der Waals surface area (Å²) < 4.78 is 30.7. The van der Waals surface area contributed by atoms with Gasteiger partial charge in [-0.05, 0) is 48.9 Å². The molecule has 0 aromatic heterocycles. The lowest BCUT2D eigenvalue weighted by atomic mass is 10.1. The second-order valence-electron chi connectivity index (χ2n) is 6.05. The van der Waals surface area contributed by atoms with E-state index in [0.717, 1.165) is 10.0 Å². The number of carbonyl (C=O) groups excluding carboxylic acids is 1. The van der Waals surface area contributed by atoms with Crippen LogP contribution in [0.2, 0.25) is 0 Å². The van der Waals surface area contributed by atoms with Gasteiger partial charge in [-0.1, -0.05) is 52.3 Å². The van der Waals surface area contributed by atoms with Crippen molar-refractivity contribution in [1.29, 1.82) is 0 Å². The van der Waals surface area contributed by atoms with E-state index in [2.05, 4.69) is 25.9 Å². The van der Waals surface area contributed by atoms with Crippen molar-refractivity contribution in [2.24, 2.45) is 5.10 Å². The molecule has 1 N–H and O–H groups in total. The minimum Gasteiger partial charge on any atom is -0.422 e. The Hall–Kier alpha value is -2.97. The van der Waals surface area contributed by atoms with Crippen LogP contribution >= 0.6 is 15.9 Å². The van der Waals surface area contributed by atoms with Crippen LogP contribution in [0.1, 0.15) is 21.5 Å². The number of hydrazone groups is 1. The number of esters is 1. The number of rotatable bonds is 6. The maximum Gasteiger partial charge on any atom is 0.343 e. The lowest BCUT2D eigenvalue weighted by molar-refractivity contribution is 0.0733. The molecule has 3 rings (SSSR count). The Labute approximate surface area is 177 Å². The number of nitrogens with one attached hydrogen (secondary N) is 1. The van der Waals surface area contributed by atoms with Crippen molar-refractivity contribution in [1.82, 2.24) is 4.83 Å². The summed E-state index contributed by atoms with van der Waals surface area (Å²) in [5.74, 6) is -0.256. The Bertz CT molecular complexity index is 1160. The summed E-state index contributed by atoms with van der Waals surface area (Å²) in [6.07, 6.45) is 1.28. The molecule has 0 aliphatic rings. The molecule has 0 saturated carbocycles. The Morgan fingerprint density at radius 1 is 1.03 bits per heavy atom. The number of benzene rings is 3. The summed E-state index contributed by atoms with van der Waals surface area (Å²) in [5.41, 5.74) is 1.67. The molecule has 0 aliphatic carbocycles. The maximum absolute atomic E-state index is 12.5. The molecule has 0 fully saturated rings. The van der Waals surface area contributed by atoms with Gasteiger partial charge in [-0.15, -0.1) is 0 Å². The predicted octanol–water partition coefficient (Wildman–Crippen LogP) is 4.29. The minimum absolute atomic E-state index is 0.0950. The SMILES string of the molecule is Cc1ccccc1C(=O)Oc1ccc(Br)cc1C=NNS(=O)(=O)c1ccccc1. The van der Waals surface area contributed by atoms with Crippen LogP contribution in [0, 0.1) is 6.92 Å². The zero-order valence-corrected chi connectivity index (χ0v) is 17.8. The zero-order chi connectivity index (χ0) is 20.9. The number of ether oxygens (including phenoxy) is 1. The lowest BCUT2D eigenvalue weighted by Gasteiger charge is -2.09. The molecule has 148 valence electrons. The highest BCUT2D eigenvalue weighted by molar-refractivity contribution is 9.10. The molecule has 0 unspecified atom stereocenters. The molecular formula is C21H17BrN2O4S. The summed E-state index contributed by atoms with van der Waals surface area (Å²) in [6, 6.07) is 20.0. The fraction of sp³-hybridized carbons (Fsp3) is 0.0476. The van der Waals surface area contributed by atoms with E-state index >= 15 is 0 Å². The van der Waals surface area contributed by atoms with Gasteiger partial charge < -0.3 is 4.74 Å². The normalized spacial score (nSPS) is 11.4. The van der Waals surface area contributed by atoms with Crippen molar-refractivity contribution in [2.45, 2.75) is 11.8 Å². The Morgan fingerprint density at radius 2 is 1.72 bits per heavy atom. The highest BCUT2D eigenvalue weighted by Gasteiger charge is 2.14.